The number of fused-ring (bicyclic) bond motifs is 1. The van der Waals surface area contributed by atoms with Crippen LogP contribution in [0, 0.1) is 0 Å². The van der Waals surface area contributed by atoms with Gasteiger partial charge in [0.2, 0.25) is 5.88 Å². The molecule has 0 saturated heterocycles. The number of esters is 1. The fraction of sp³-hybridized carbons (Fsp3) is 0.286. The molecule has 0 aliphatic rings. The summed E-state index contributed by atoms with van der Waals surface area (Å²) in [5.41, 5.74) is 2.86. The number of hydrogen-bond donors (Lipinski definition) is 0. The summed E-state index contributed by atoms with van der Waals surface area (Å²) in [6, 6.07) is 14.2. The molecule has 0 fully saturated rings. The molecule has 3 rings (SSSR count). The quantitative estimate of drug-likeness (QED) is 0.411. The average molecular weight is 428 g/mol. The van der Waals surface area contributed by atoms with Gasteiger partial charge in [-0.25, -0.2) is 28.7 Å². The number of hydrogen-bond acceptors (Lipinski definition) is 6. The van der Waals surface area contributed by atoms with Gasteiger partial charge in [0.25, 0.3) is 0 Å². The van der Waals surface area contributed by atoms with Crippen molar-refractivity contribution in [1.82, 2.24) is 19.3 Å². The SMILES string of the molecule is CCOC(=O)c1ccc(-c2nc3ccccc3nc2OP(=O)(N(C)C)N(C)C)cc1. The van der Waals surface area contributed by atoms with E-state index in [0.717, 1.165) is 0 Å². The average Bonchev–Trinajstić information content (AvgIpc) is 2.73. The summed E-state index contributed by atoms with van der Waals surface area (Å²) in [4.78, 5) is 21.2. The van der Waals surface area contributed by atoms with E-state index in [-0.39, 0.29) is 5.88 Å². The second-order valence-electron chi connectivity index (χ2n) is 6.94. The van der Waals surface area contributed by atoms with E-state index >= 15 is 0 Å². The fourth-order valence-electron chi connectivity index (χ4n) is 2.85. The van der Waals surface area contributed by atoms with Crippen LogP contribution < -0.4 is 4.52 Å². The highest BCUT2D eigenvalue weighted by molar-refractivity contribution is 7.54. The van der Waals surface area contributed by atoms with Crippen LogP contribution in [0.2, 0.25) is 0 Å². The maximum absolute atomic E-state index is 13.4. The van der Waals surface area contributed by atoms with Gasteiger partial charge in [-0.1, -0.05) is 24.3 Å². The Balaban J connectivity index is 2.12. The molecule has 1 aromatic heterocycles. The first-order valence-corrected chi connectivity index (χ1v) is 11.0. The first kappa shape index (κ1) is 21.9. The van der Waals surface area contributed by atoms with E-state index in [0.29, 0.717) is 34.5 Å². The van der Waals surface area contributed by atoms with Gasteiger partial charge in [0.1, 0.15) is 5.69 Å². The normalized spacial score (nSPS) is 11.8. The van der Waals surface area contributed by atoms with Crippen molar-refractivity contribution >= 4 is 24.7 Å². The van der Waals surface area contributed by atoms with Crippen molar-refractivity contribution in [2.75, 3.05) is 34.8 Å². The van der Waals surface area contributed by atoms with Crippen molar-refractivity contribution < 1.29 is 18.6 Å². The van der Waals surface area contributed by atoms with Crippen molar-refractivity contribution in [3.63, 3.8) is 0 Å². The van der Waals surface area contributed by atoms with E-state index in [1.165, 1.54) is 9.34 Å². The van der Waals surface area contributed by atoms with Crippen LogP contribution in [-0.2, 0) is 9.30 Å². The molecule has 8 nitrogen and oxygen atoms in total. The number of benzene rings is 2. The Hall–Kier alpha value is -2.80. The molecule has 9 heteroatoms. The first-order valence-electron chi connectivity index (χ1n) is 9.46. The highest BCUT2D eigenvalue weighted by atomic mass is 31.2. The van der Waals surface area contributed by atoms with Crippen molar-refractivity contribution in [3.8, 4) is 17.1 Å². The van der Waals surface area contributed by atoms with Crippen molar-refractivity contribution in [3.05, 3.63) is 54.1 Å². The largest absolute Gasteiger partial charge is 0.462 e. The minimum absolute atomic E-state index is 0.156. The number of ether oxygens (including phenoxy) is 1. The van der Waals surface area contributed by atoms with Gasteiger partial charge in [0, 0.05) is 5.56 Å². The van der Waals surface area contributed by atoms with Crippen molar-refractivity contribution in [2.24, 2.45) is 0 Å². The van der Waals surface area contributed by atoms with E-state index in [9.17, 15) is 9.36 Å². The van der Waals surface area contributed by atoms with Crippen LogP contribution >= 0.6 is 7.67 Å². The second kappa shape index (κ2) is 8.92. The van der Waals surface area contributed by atoms with E-state index in [1.54, 1.807) is 59.4 Å². The zero-order valence-electron chi connectivity index (χ0n) is 17.7. The van der Waals surface area contributed by atoms with Crippen molar-refractivity contribution in [1.29, 1.82) is 0 Å². The zero-order chi connectivity index (χ0) is 21.9. The molecule has 30 heavy (non-hydrogen) atoms. The molecular weight excluding hydrogens is 403 g/mol. The lowest BCUT2D eigenvalue weighted by Crippen LogP contribution is -2.25. The van der Waals surface area contributed by atoms with Crippen LogP contribution in [0.15, 0.2) is 48.5 Å². The molecule has 0 atom stereocenters. The molecular formula is C21H25N4O4P. The van der Waals surface area contributed by atoms with E-state index in [4.69, 9.17) is 14.2 Å². The van der Waals surface area contributed by atoms with Gasteiger partial charge in [-0.05, 0) is 59.4 Å². The molecule has 158 valence electrons. The van der Waals surface area contributed by atoms with Gasteiger partial charge >= 0.3 is 13.6 Å². The maximum Gasteiger partial charge on any atom is 0.396 e. The predicted octanol–water partition coefficient (Wildman–Crippen LogP) is 4.08. The molecule has 0 saturated carbocycles. The Kier molecular flexibility index (Phi) is 6.51. The lowest BCUT2D eigenvalue weighted by molar-refractivity contribution is 0.0526. The Morgan fingerprint density at radius 3 is 2.03 bits per heavy atom. The molecule has 0 amide bonds. The van der Waals surface area contributed by atoms with Crippen LogP contribution in [0.3, 0.4) is 0 Å². The third-order valence-corrected chi connectivity index (χ3v) is 6.86. The van der Waals surface area contributed by atoms with Gasteiger partial charge in [-0.2, -0.15) is 0 Å². The summed E-state index contributed by atoms with van der Waals surface area (Å²) in [5, 5.41) is 0. The fourth-order valence-corrected chi connectivity index (χ4v) is 4.24. The Morgan fingerprint density at radius 2 is 1.50 bits per heavy atom. The number of carbonyl (C=O) groups excluding carboxylic acids is 1. The number of aromatic nitrogens is 2. The Bertz CT molecular complexity index is 1090. The van der Waals surface area contributed by atoms with Crippen molar-refractivity contribution in [2.45, 2.75) is 6.92 Å². The van der Waals surface area contributed by atoms with E-state index < -0.39 is 13.6 Å². The first-order chi connectivity index (χ1) is 14.3. The summed E-state index contributed by atoms with van der Waals surface area (Å²) in [7, 11) is 3.38. The third kappa shape index (κ3) is 4.36. The van der Waals surface area contributed by atoms with Gasteiger partial charge in [0.15, 0.2) is 0 Å². The molecule has 0 unspecified atom stereocenters. The number of para-hydroxylation sites is 2. The molecule has 0 spiro atoms. The molecule has 0 aliphatic heterocycles. The Labute approximate surface area is 176 Å². The number of carbonyl (C=O) groups is 1. The third-order valence-electron chi connectivity index (χ3n) is 4.42. The predicted molar refractivity (Wildman–Crippen MR) is 117 cm³/mol. The molecule has 2 aromatic carbocycles. The lowest BCUT2D eigenvalue weighted by Gasteiger charge is -2.29. The summed E-state index contributed by atoms with van der Waals surface area (Å²) in [6.07, 6.45) is 0. The molecule has 1 heterocycles. The number of nitrogens with zero attached hydrogens (tertiary/aromatic N) is 4. The minimum atomic E-state index is -3.35. The number of rotatable bonds is 7. The topological polar surface area (TPSA) is 84.9 Å². The summed E-state index contributed by atoms with van der Waals surface area (Å²) >= 11 is 0. The monoisotopic (exact) mass is 428 g/mol. The van der Waals surface area contributed by atoms with Crippen LogP contribution in [0.1, 0.15) is 17.3 Å². The van der Waals surface area contributed by atoms with Gasteiger partial charge in [-0.15, -0.1) is 0 Å². The highest BCUT2D eigenvalue weighted by Gasteiger charge is 2.33. The molecule has 0 radical (unpaired) electrons. The summed E-state index contributed by atoms with van der Waals surface area (Å²) < 4.78 is 27.5. The molecule has 3 aromatic rings. The van der Waals surface area contributed by atoms with E-state index in [2.05, 4.69) is 4.98 Å². The van der Waals surface area contributed by atoms with Crippen LogP contribution in [0.25, 0.3) is 22.3 Å². The van der Waals surface area contributed by atoms with E-state index in [1.807, 2.05) is 24.3 Å². The maximum atomic E-state index is 13.4. The zero-order valence-corrected chi connectivity index (χ0v) is 18.6. The Morgan fingerprint density at radius 1 is 0.933 bits per heavy atom. The van der Waals surface area contributed by atoms with Gasteiger partial charge in [0.05, 0.1) is 23.2 Å². The lowest BCUT2D eigenvalue weighted by atomic mass is 10.1. The molecule has 0 bridgehead atoms. The standard InChI is InChI=1S/C21H25N4O4P/c1-6-28-21(26)16-13-11-15(12-14-16)19-20(29-30(27,24(2)3)25(4)5)23-18-10-8-7-9-17(18)22-19/h7-14H,6H2,1-5H3. The van der Waals surface area contributed by atoms with Gasteiger partial charge < -0.3 is 9.26 Å². The molecule has 0 N–H and O–H groups in total. The van der Waals surface area contributed by atoms with Crippen LogP contribution in [0.5, 0.6) is 5.88 Å². The summed E-state index contributed by atoms with van der Waals surface area (Å²) in [5.74, 6) is -0.238. The smallest absolute Gasteiger partial charge is 0.396 e. The van der Waals surface area contributed by atoms with Gasteiger partial charge in [-0.3, -0.25) is 0 Å². The summed E-state index contributed by atoms with van der Waals surface area (Å²) in [6.45, 7) is 2.06. The highest BCUT2D eigenvalue weighted by Crippen LogP contribution is 2.51. The molecule has 0 aliphatic carbocycles. The van der Waals surface area contributed by atoms with Crippen LogP contribution in [0.4, 0.5) is 0 Å². The minimum Gasteiger partial charge on any atom is -0.462 e. The van der Waals surface area contributed by atoms with Crippen LogP contribution in [-0.4, -0.2) is 60.1 Å². The second-order valence-corrected chi connectivity index (χ2v) is 9.70.